The highest BCUT2D eigenvalue weighted by Gasteiger charge is 2.11. The molecule has 14 heavy (non-hydrogen) atoms. The van der Waals surface area contributed by atoms with Crippen molar-refractivity contribution in [1.29, 1.82) is 0 Å². The van der Waals surface area contributed by atoms with E-state index in [1.165, 1.54) is 0 Å². The number of Topliss-reactive ketones (excluding diaryl/α,β-unsaturated/α-hetero) is 1. The fourth-order valence-electron chi connectivity index (χ4n) is 1.30. The van der Waals surface area contributed by atoms with Crippen molar-refractivity contribution < 1.29 is 9.59 Å². The first-order valence-corrected chi connectivity index (χ1v) is 5.46. The van der Waals surface area contributed by atoms with Crippen LogP contribution in [0.25, 0.3) is 0 Å². The summed E-state index contributed by atoms with van der Waals surface area (Å²) >= 11 is 3.20. The summed E-state index contributed by atoms with van der Waals surface area (Å²) in [6.07, 6.45) is 1.17. The van der Waals surface area contributed by atoms with E-state index in [9.17, 15) is 9.59 Å². The molecule has 0 amide bonds. The van der Waals surface area contributed by atoms with Crippen molar-refractivity contribution in [2.75, 3.05) is 5.33 Å². The van der Waals surface area contributed by atoms with E-state index in [0.29, 0.717) is 22.9 Å². The number of halogens is 1. The Kier molecular flexibility index (Phi) is 4.01. The molecule has 0 fully saturated rings. The molecule has 0 N–H and O–H groups in total. The van der Waals surface area contributed by atoms with E-state index in [-0.39, 0.29) is 5.78 Å². The minimum atomic E-state index is 0.00711. The summed E-state index contributed by atoms with van der Waals surface area (Å²) in [5.74, 6) is 0.00711. The molecule has 74 valence electrons. The molecule has 0 unspecified atom stereocenters. The molecule has 1 aromatic carbocycles. The Morgan fingerprint density at radius 3 is 2.79 bits per heavy atom. The molecule has 3 heteroatoms. The van der Waals surface area contributed by atoms with Gasteiger partial charge in [0.05, 0.1) is 0 Å². The normalized spacial score (nSPS) is 9.86. The number of carbonyl (C=O) groups is 2. The van der Waals surface area contributed by atoms with E-state index in [4.69, 9.17) is 0 Å². The van der Waals surface area contributed by atoms with Gasteiger partial charge in [-0.15, -0.1) is 0 Å². The zero-order valence-corrected chi connectivity index (χ0v) is 9.50. The van der Waals surface area contributed by atoms with E-state index in [2.05, 4.69) is 15.9 Å². The van der Waals surface area contributed by atoms with Crippen molar-refractivity contribution in [2.24, 2.45) is 0 Å². The molecule has 0 aromatic heterocycles. The number of hydrogen-bond donors (Lipinski definition) is 0. The van der Waals surface area contributed by atoms with Crippen LogP contribution < -0.4 is 0 Å². The number of alkyl halides is 1. The maximum atomic E-state index is 11.6. The molecule has 2 nitrogen and oxygen atoms in total. The molecule has 0 bridgehead atoms. The predicted octanol–water partition coefficient (Wildman–Crippen LogP) is 2.78. The highest BCUT2D eigenvalue weighted by molar-refractivity contribution is 9.09. The van der Waals surface area contributed by atoms with E-state index in [1.54, 1.807) is 12.1 Å². The number of aryl methyl sites for hydroxylation is 1. The summed E-state index contributed by atoms with van der Waals surface area (Å²) in [5, 5.41) is 0.623. The van der Waals surface area contributed by atoms with Crippen LogP contribution >= 0.6 is 15.9 Å². The van der Waals surface area contributed by atoms with E-state index in [1.807, 2.05) is 13.0 Å². The van der Waals surface area contributed by atoms with Crippen molar-refractivity contribution >= 4 is 28.0 Å². The highest BCUT2D eigenvalue weighted by atomic mass is 79.9. The van der Waals surface area contributed by atoms with Crippen LogP contribution in [-0.4, -0.2) is 17.4 Å². The average Bonchev–Trinajstić information content (AvgIpc) is 2.17. The second-order valence-corrected chi connectivity index (χ2v) is 3.81. The van der Waals surface area contributed by atoms with Crippen LogP contribution in [0, 0.1) is 6.92 Å². The second-order valence-electron chi connectivity index (χ2n) is 3.02. The summed E-state index contributed by atoms with van der Waals surface area (Å²) < 4.78 is 0. The average molecular weight is 255 g/mol. The van der Waals surface area contributed by atoms with Gasteiger partial charge in [-0.05, 0) is 12.5 Å². The number of rotatable bonds is 4. The summed E-state index contributed by atoms with van der Waals surface area (Å²) in [7, 11) is 0. The van der Waals surface area contributed by atoms with E-state index < -0.39 is 0 Å². The Hall–Kier alpha value is -0.960. The van der Waals surface area contributed by atoms with Crippen LogP contribution in [0.1, 0.15) is 32.7 Å². The first-order chi connectivity index (χ1) is 6.70. The number of aldehydes is 1. The summed E-state index contributed by atoms with van der Waals surface area (Å²) in [4.78, 5) is 22.4. The maximum absolute atomic E-state index is 11.6. The third-order valence-electron chi connectivity index (χ3n) is 2.06. The first-order valence-electron chi connectivity index (χ1n) is 4.34. The topological polar surface area (TPSA) is 34.1 Å². The van der Waals surface area contributed by atoms with E-state index >= 15 is 0 Å². The highest BCUT2D eigenvalue weighted by Crippen LogP contribution is 2.14. The van der Waals surface area contributed by atoms with Crippen LogP contribution in [0.4, 0.5) is 0 Å². The Bertz CT molecular complexity index is 358. The van der Waals surface area contributed by atoms with Crippen molar-refractivity contribution in [3.05, 3.63) is 34.9 Å². The van der Waals surface area contributed by atoms with Gasteiger partial charge in [0, 0.05) is 22.9 Å². The Morgan fingerprint density at radius 2 is 2.21 bits per heavy atom. The van der Waals surface area contributed by atoms with Crippen LogP contribution in [0.15, 0.2) is 18.2 Å². The standard InChI is InChI=1S/C11H11BrO2/c1-8-3-2-4-9(10(8)7-13)11(14)5-6-12/h2-4,7H,5-6H2,1H3. The minimum Gasteiger partial charge on any atom is -0.298 e. The summed E-state index contributed by atoms with van der Waals surface area (Å²) in [6, 6.07) is 5.32. The van der Waals surface area contributed by atoms with Gasteiger partial charge in [0.15, 0.2) is 12.1 Å². The van der Waals surface area contributed by atoms with Crippen LogP contribution in [-0.2, 0) is 0 Å². The first kappa shape index (κ1) is 11.1. The third-order valence-corrected chi connectivity index (χ3v) is 2.46. The molecule has 0 radical (unpaired) electrons. The number of ketones is 1. The molecule has 0 saturated carbocycles. The number of hydrogen-bond acceptors (Lipinski definition) is 2. The summed E-state index contributed by atoms with van der Waals surface area (Å²) in [6.45, 7) is 1.83. The van der Waals surface area contributed by atoms with Gasteiger partial charge in [-0.1, -0.05) is 34.1 Å². The van der Waals surface area contributed by atoms with Crippen LogP contribution in [0.5, 0.6) is 0 Å². The van der Waals surface area contributed by atoms with Gasteiger partial charge in [0.2, 0.25) is 0 Å². The van der Waals surface area contributed by atoms with Gasteiger partial charge in [-0.3, -0.25) is 9.59 Å². The van der Waals surface area contributed by atoms with Crippen molar-refractivity contribution in [3.63, 3.8) is 0 Å². The zero-order chi connectivity index (χ0) is 10.6. The van der Waals surface area contributed by atoms with Gasteiger partial charge >= 0.3 is 0 Å². The smallest absolute Gasteiger partial charge is 0.164 e. The molecule has 0 spiro atoms. The Balaban J connectivity index is 3.13. The Morgan fingerprint density at radius 1 is 1.50 bits per heavy atom. The lowest BCUT2D eigenvalue weighted by molar-refractivity contribution is 0.0983. The molecule has 0 heterocycles. The van der Waals surface area contributed by atoms with E-state index in [0.717, 1.165) is 11.8 Å². The SMILES string of the molecule is Cc1cccc(C(=O)CCBr)c1C=O. The van der Waals surface area contributed by atoms with Gasteiger partial charge in [0.25, 0.3) is 0 Å². The second kappa shape index (κ2) is 5.05. The molecule has 0 saturated heterocycles. The lowest BCUT2D eigenvalue weighted by atomic mass is 9.99. The Labute approximate surface area is 91.4 Å². The third kappa shape index (κ3) is 2.29. The van der Waals surface area contributed by atoms with Gasteiger partial charge in [-0.2, -0.15) is 0 Å². The number of benzene rings is 1. The quantitative estimate of drug-likeness (QED) is 0.471. The minimum absolute atomic E-state index is 0.00711. The molecular weight excluding hydrogens is 244 g/mol. The molecule has 1 aromatic rings. The van der Waals surface area contributed by atoms with Crippen LogP contribution in [0.2, 0.25) is 0 Å². The van der Waals surface area contributed by atoms with Gasteiger partial charge in [0.1, 0.15) is 0 Å². The fourth-order valence-corrected chi connectivity index (χ4v) is 1.66. The fraction of sp³-hybridized carbons (Fsp3) is 0.273. The largest absolute Gasteiger partial charge is 0.298 e. The maximum Gasteiger partial charge on any atom is 0.164 e. The van der Waals surface area contributed by atoms with Crippen molar-refractivity contribution in [3.8, 4) is 0 Å². The van der Waals surface area contributed by atoms with Crippen molar-refractivity contribution in [2.45, 2.75) is 13.3 Å². The number of carbonyl (C=O) groups excluding carboxylic acids is 2. The molecular formula is C11H11BrO2. The van der Waals surface area contributed by atoms with Gasteiger partial charge in [-0.25, -0.2) is 0 Å². The zero-order valence-electron chi connectivity index (χ0n) is 7.92. The lowest BCUT2D eigenvalue weighted by Crippen LogP contribution is -2.05. The van der Waals surface area contributed by atoms with Crippen LogP contribution in [0.3, 0.4) is 0 Å². The predicted molar refractivity (Wildman–Crippen MR) is 59.3 cm³/mol. The summed E-state index contributed by atoms with van der Waals surface area (Å²) in [5.41, 5.74) is 1.89. The molecule has 0 atom stereocenters. The monoisotopic (exact) mass is 254 g/mol. The molecule has 0 aliphatic heterocycles. The van der Waals surface area contributed by atoms with Crippen molar-refractivity contribution in [1.82, 2.24) is 0 Å². The van der Waals surface area contributed by atoms with Gasteiger partial charge < -0.3 is 0 Å². The lowest BCUT2D eigenvalue weighted by Gasteiger charge is -2.04. The molecule has 0 aliphatic carbocycles. The molecule has 1 rings (SSSR count). The molecule has 0 aliphatic rings.